The van der Waals surface area contributed by atoms with Crippen molar-refractivity contribution in [1.29, 1.82) is 0 Å². The van der Waals surface area contributed by atoms with Crippen LogP contribution in [0.5, 0.6) is 0 Å². The van der Waals surface area contributed by atoms with Gasteiger partial charge in [-0.1, -0.05) is 25.1 Å². The molecular formula is C12H15NS. The number of hydrogen-bond donors (Lipinski definition) is 2. The number of nitrogens with one attached hydrogen (secondary N) is 1. The first-order valence-corrected chi connectivity index (χ1v) is 5.54. The van der Waals surface area contributed by atoms with Crippen LogP contribution in [0.4, 0.5) is 0 Å². The third-order valence-electron chi connectivity index (χ3n) is 2.76. The molecule has 0 aliphatic rings. The van der Waals surface area contributed by atoms with Gasteiger partial charge in [0.1, 0.15) is 0 Å². The fourth-order valence-corrected chi connectivity index (χ4v) is 2.03. The van der Waals surface area contributed by atoms with Crippen molar-refractivity contribution < 1.29 is 0 Å². The number of aromatic nitrogens is 1. The van der Waals surface area contributed by atoms with E-state index in [0.717, 1.165) is 5.75 Å². The lowest BCUT2D eigenvalue weighted by molar-refractivity contribution is 0.893. The molecule has 1 atom stereocenters. The van der Waals surface area contributed by atoms with Crippen LogP contribution in [0, 0.1) is 6.92 Å². The Bertz CT molecular complexity index is 445. The molecule has 1 aromatic heterocycles. The van der Waals surface area contributed by atoms with Gasteiger partial charge in [0.2, 0.25) is 0 Å². The molecule has 74 valence electrons. The monoisotopic (exact) mass is 205 g/mol. The average molecular weight is 205 g/mol. The van der Waals surface area contributed by atoms with E-state index in [1.54, 1.807) is 0 Å². The molecule has 0 saturated carbocycles. The summed E-state index contributed by atoms with van der Waals surface area (Å²) < 4.78 is 0. The summed E-state index contributed by atoms with van der Waals surface area (Å²) >= 11 is 4.34. The summed E-state index contributed by atoms with van der Waals surface area (Å²) in [5.74, 6) is 1.40. The molecular weight excluding hydrogens is 190 g/mol. The van der Waals surface area contributed by atoms with Crippen LogP contribution in [0.3, 0.4) is 0 Å². The van der Waals surface area contributed by atoms with Gasteiger partial charge in [0.15, 0.2) is 0 Å². The molecule has 0 aliphatic heterocycles. The maximum absolute atomic E-state index is 4.34. The maximum Gasteiger partial charge on any atom is 0.0486 e. The Kier molecular flexibility index (Phi) is 2.55. The van der Waals surface area contributed by atoms with E-state index >= 15 is 0 Å². The van der Waals surface area contributed by atoms with E-state index in [4.69, 9.17) is 0 Å². The van der Waals surface area contributed by atoms with Crippen molar-refractivity contribution in [2.75, 3.05) is 5.75 Å². The van der Waals surface area contributed by atoms with Crippen LogP contribution in [-0.4, -0.2) is 10.7 Å². The van der Waals surface area contributed by atoms with Crippen LogP contribution in [0.1, 0.15) is 24.0 Å². The van der Waals surface area contributed by atoms with E-state index < -0.39 is 0 Å². The van der Waals surface area contributed by atoms with Gasteiger partial charge >= 0.3 is 0 Å². The van der Waals surface area contributed by atoms with Crippen LogP contribution >= 0.6 is 12.6 Å². The number of benzene rings is 1. The van der Waals surface area contributed by atoms with E-state index in [1.807, 2.05) is 0 Å². The molecule has 0 spiro atoms. The molecule has 0 saturated heterocycles. The quantitative estimate of drug-likeness (QED) is 0.698. The van der Waals surface area contributed by atoms with Gasteiger partial charge < -0.3 is 4.98 Å². The molecule has 1 unspecified atom stereocenters. The third-order valence-corrected chi connectivity index (χ3v) is 3.31. The van der Waals surface area contributed by atoms with Gasteiger partial charge in [0.05, 0.1) is 0 Å². The fourth-order valence-electron chi connectivity index (χ4n) is 1.83. The number of aryl methyl sites for hydroxylation is 1. The second-order valence-electron chi connectivity index (χ2n) is 3.83. The second-order valence-corrected chi connectivity index (χ2v) is 4.19. The second kappa shape index (κ2) is 3.70. The smallest absolute Gasteiger partial charge is 0.0486 e. The Labute approximate surface area is 89.9 Å². The lowest BCUT2D eigenvalue weighted by atomic mass is 10.0. The van der Waals surface area contributed by atoms with Gasteiger partial charge in [-0.25, -0.2) is 0 Å². The number of rotatable bonds is 2. The lowest BCUT2D eigenvalue weighted by Gasteiger charge is -2.06. The van der Waals surface area contributed by atoms with Crippen LogP contribution in [0.15, 0.2) is 24.4 Å². The molecule has 2 heteroatoms. The van der Waals surface area contributed by atoms with E-state index in [-0.39, 0.29) is 0 Å². The van der Waals surface area contributed by atoms with Crippen LogP contribution in [-0.2, 0) is 0 Å². The Morgan fingerprint density at radius 2 is 2.21 bits per heavy atom. The molecule has 1 N–H and O–H groups in total. The maximum atomic E-state index is 4.34. The number of fused-ring (bicyclic) bond motifs is 1. The zero-order chi connectivity index (χ0) is 10.1. The summed E-state index contributed by atoms with van der Waals surface area (Å²) in [6.45, 7) is 4.34. The first kappa shape index (κ1) is 9.66. The van der Waals surface area contributed by atoms with Crippen molar-refractivity contribution in [1.82, 2.24) is 4.98 Å². The van der Waals surface area contributed by atoms with E-state index in [9.17, 15) is 0 Å². The number of hydrogen-bond acceptors (Lipinski definition) is 1. The number of thiol groups is 1. The van der Waals surface area contributed by atoms with Crippen molar-refractivity contribution in [2.24, 2.45) is 0 Å². The molecule has 1 aromatic carbocycles. The van der Waals surface area contributed by atoms with Crippen molar-refractivity contribution >= 4 is 23.5 Å². The van der Waals surface area contributed by atoms with E-state index in [1.165, 1.54) is 22.0 Å². The number of aromatic amines is 1. The summed E-state index contributed by atoms with van der Waals surface area (Å²) in [6, 6.07) is 6.42. The van der Waals surface area contributed by atoms with Gasteiger partial charge in [-0.2, -0.15) is 12.6 Å². The van der Waals surface area contributed by atoms with Gasteiger partial charge in [-0.05, 0) is 29.7 Å². The van der Waals surface area contributed by atoms with Crippen LogP contribution in [0.2, 0.25) is 0 Å². The minimum Gasteiger partial charge on any atom is -0.361 e. The predicted molar refractivity (Wildman–Crippen MR) is 65.3 cm³/mol. The topological polar surface area (TPSA) is 15.8 Å². The summed E-state index contributed by atoms with van der Waals surface area (Å²) in [5.41, 5.74) is 3.94. The Hall–Kier alpha value is -0.890. The molecule has 0 radical (unpaired) electrons. The summed E-state index contributed by atoms with van der Waals surface area (Å²) in [6.07, 6.45) is 2.11. The highest BCUT2D eigenvalue weighted by Gasteiger charge is 2.10. The number of para-hydroxylation sites is 1. The van der Waals surface area contributed by atoms with Crippen molar-refractivity contribution in [3.05, 3.63) is 35.5 Å². The largest absolute Gasteiger partial charge is 0.361 e. The van der Waals surface area contributed by atoms with Gasteiger partial charge in [-0.3, -0.25) is 0 Å². The minimum atomic E-state index is 0.508. The zero-order valence-corrected chi connectivity index (χ0v) is 9.44. The van der Waals surface area contributed by atoms with Crippen LogP contribution in [0.25, 0.3) is 10.9 Å². The van der Waals surface area contributed by atoms with E-state index in [0.29, 0.717) is 5.92 Å². The van der Waals surface area contributed by atoms with Gasteiger partial charge in [0, 0.05) is 17.1 Å². The molecule has 0 amide bonds. The van der Waals surface area contributed by atoms with Crippen LogP contribution < -0.4 is 0 Å². The molecule has 1 heterocycles. The van der Waals surface area contributed by atoms with Crippen molar-refractivity contribution in [3.8, 4) is 0 Å². The summed E-state index contributed by atoms with van der Waals surface area (Å²) in [4.78, 5) is 3.34. The summed E-state index contributed by atoms with van der Waals surface area (Å²) in [5, 5.41) is 1.34. The Morgan fingerprint density at radius 3 is 2.93 bits per heavy atom. The highest BCUT2D eigenvalue weighted by molar-refractivity contribution is 7.80. The zero-order valence-electron chi connectivity index (χ0n) is 8.54. The summed E-state index contributed by atoms with van der Waals surface area (Å²) in [7, 11) is 0. The molecule has 2 aromatic rings. The molecule has 1 nitrogen and oxygen atoms in total. The fraction of sp³-hybridized carbons (Fsp3) is 0.333. The standard InChI is InChI=1S/C12H15NS/c1-8-4-3-5-10-11(9(2)7-14)6-13-12(8)10/h3-6,9,13-14H,7H2,1-2H3. The minimum absolute atomic E-state index is 0.508. The first-order chi connectivity index (χ1) is 6.74. The molecule has 0 aliphatic carbocycles. The van der Waals surface area contributed by atoms with E-state index in [2.05, 4.69) is 55.9 Å². The van der Waals surface area contributed by atoms with Gasteiger partial charge in [-0.15, -0.1) is 0 Å². The van der Waals surface area contributed by atoms with Gasteiger partial charge in [0.25, 0.3) is 0 Å². The van der Waals surface area contributed by atoms with Crippen molar-refractivity contribution in [2.45, 2.75) is 19.8 Å². The highest BCUT2D eigenvalue weighted by Crippen LogP contribution is 2.27. The SMILES string of the molecule is Cc1cccc2c(C(C)CS)c[nH]c12. The Balaban J connectivity index is 2.63. The molecule has 0 fully saturated rings. The Morgan fingerprint density at radius 1 is 1.43 bits per heavy atom. The predicted octanol–water partition coefficient (Wildman–Crippen LogP) is 3.51. The lowest BCUT2D eigenvalue weighted by Crippen LogP contribution is -1.92. The van der Waals surface area contributed by atoms with Crippen molar-refractivity contribution in [3.63, 3.8) is 0 Å². The normalized spacial score (nSPS) is 13.4. The number of H-pyrrole nitrogens is 1. The molecule has 0 bridgehead atoms. The highest BCUT2D eigenvalue weighted by atomic mass is 32.1. The average Bonchev–Trinajstić information content (AvgIpc) is 2.62. The third kappa shape index (κ3) is 1.44. The first-order valence-electron chi connectivity index (χ1n) is 4.91. The molecule has 14 heavy (non-hydrogen) atoms. The molecule has 2 rings (SSSR count).